The first kappa shape index (κ1) is 12.1. The zero-order valence-electron chi connectivity index (χ0n) is 10.4. The molecule has 0 unspecified atom stereocenters. The molecule has 2 aromatic rings. The molecule has 0 saturated carbocycles. The SMILES string of the molecule is Cc1cc(C)c(Cc2cncc(Cl)c2)c(C)c1. The molecule has 0 N–H and O–H groups in total. The first-order chi connectivity index (χ1) is 8.06. The lowest BCUT2D eigenvalue weighted by atomic mass is 9.95. The van der Waals surface area contributed by atoms with E-state index in [0.717, 1.165) is 12.0 Å². The zero-order chi connectivity index (χ0) is 12.4. The fraction of sp³-hybridized carbons (Fsp3) is 0.267. The van der Waals surface area contributed by atoms with Gasteiger partial charge >= 0.3 is 0 Å². The van der Waals surface area contributed by atoms with Gasteiger partial charge in [-0.2, -0.15) is 0 Å². The maximum absolute atomic E-state index is 5.95. The average Bonchev–Trinajstić information content (AvgIpc) is 2.23. The topological polar surface area (TPSA) is 12.9 Å². The number of pyridine rings is 1. The Labute approximate surface area is 107 Å². The van der Waals surface area contributed by atoms with Crippen molar-refractivity contribution >= 4 is 11.6 Å². The lowest BCUT2D eigenvalue weighted by Gasteiger charge is -2.11. The first-order valence-electron chi connectivity index (χ1n) is 5.72. The predicted octanol–water partition coefficient (Wildman–Crippen LogP) is 4.25. The second-order valence-corrected chi connectivity index (χ2v) is 5.00. The Balaban J connectivity index is 2.36. The molecule has 0 saturated heterocycles. The molecule has 1 heterocycles. The molecule has 2 rings (SSSR count). The van der Waals surface area contributed by atoms with Gasteiger partial charge in [0, 0.05) is 12.4 Å². The molecule has 0 fully saturated rings. The van der Waals surface area contributed by atoms with Crippen LogP contribution in [0.5, 0.6) is 0 Å². The van der Waals surface area contributed by atoms with Crippen LogP contribution in [0.15, 0.2) is 30.6 Å². The second kappa shape index (κ2) is 4.89. The van der Waals surface area contributed by atoms with E-state index in [2.05, 4.69) is 37.9 Å². The van der Waals surface area contributed by atoms with E-state index in [4.69, 9.17) is 11.6 Å². The minimum Gasteiger partial charge on any atom is -0.263 e. The molecule has 0 aliphatic heterocycles. The van der Waals surface area contributed by atoms with Crippen LogP contribution < -0.4 is 0 Å². The van der Waals surface area contributed by atoms with Crippen molar-refractivity contribution in [2.75, 3.05) is 0 Å². The third kappa shape index (κ3) is 2.86. The van der Waals surface area contributed by atoms with Crippen LogP contribution in [-0.2, 0) is 6.42 Å². The molecule has 0 aliphatic rings. The van der Waals surface area contributed by atoms with E-state index < -0.39 is 0 Å². The summed E-state index contributed by atoms with van der Waals surface area (Å²) in [5, 5.41) is 0.699. The summed E-state index contributed by atoms with van der Waals surface area (Å²) in [6, 6.07) is 6.42. The van der Waals surface area contributed by atoms with Crippen LogP contribution in [0.4, 0.5) is 0 Å². The number of hydrogen-bond donors (Lipinski definition) is 0. The molecule has 0 bridgehead atoms. The largest absolute Gasteiger partial charge is 0.263 e. The highest BCUT2D eigenvalue weighted by molar-refractivity contribution is 6.30. The van der Waals surface area contributed by atoms with Crippen molar-refractivity contribution in [2.45, 2.75) is 27.2 Å². The van der Waals surface area contributed by atoms with Crippen LogP contribution >= 0.6 is 11.6 Å². The molecule has 1 aromatic carbocycles. The van der Waals surface area contributed by atoms with E-state index >= 15 is 0 Å². The van der Waals surface area contributed by atoms with E-state index in [1.165, 1.54) is 22.3 Å². The molecular weight excluding hydrogens is 230 g/mol. The summed E-state index contributed by atoms with van der Waals surface area (Å²) in [6.07, 6.45) is 4.44. The maximum atomic E-state index is 5.95. The van der Waals surface area contributed by atoms with Crippen molar-refractivity contribution in [3.8, 4) is 0 Å². The van der Waals surface area contributed by atoms with Gasteiger partial charge < -0.3 is 0 Å². The lowest BCUT2D eigenvalue weighted by molar-refractivity contribution is 1.09. The zero-order valence-corrected chi connectivity index (χ0v) is 11.2. The molecule has 0 atom stereocenters. The average molecular weight is 246 g/mol. The van der Waals surface area contributed by atoms with Crippen LogP contribution in [0.2, 0.25) is 5.02 Å². The van der Waals surface area contributed by atoms with Crippen LogP contribution in [-0.4, -0.2) is 4.98 Å². The minimum absolute atomic E-state index is 0.699. The maximum Gasteiger partial charge on any atom is 0.0592 e. The summed E-state index contributed by atoms with van der Waals surface area (Å²) < 4.78 is 0. The van der Waals surface area contributed by atoms with Gasteiger partial charge in [-0.3, -0.25) is 4.98 Å². The normalized spacial score (nSPS) is 10.6. The summed E-state index contributed by atoms with van der Waals surface area (Å²) in [7, 11) is 0. The Morgan fingerprint density at radius 1 is 1.00 bits per heavy atom. The highest BCUT2D eigenvalue weighted by Gasteiger charge is 2.05. The van der Waals surface area contributed by atoms with Crippen molar-refractivity contribution in [2.24, 2.45) is 0 Å². The molecule has 0 spiro atoms. The molecule has 0 amide bonds. The van der Waals surface area contributed by atoms with Crippen LogP contribution in [0.1, 0.15) is 27.8 Å². The van der Waals surface area contributed by atoms with Crippen molar-refractivity contribution < 1.29 is 0 Å². The molecule has 17 heavy (non-hydrogen) atoms. The molecule has 0 radical (unpaired) electrons. The van der Waals surface area contributed by atoms with Gasteiger partial charge in [-0.25, -0.2) is 0 Å². The van der Waals surface area contributed by atoms with E-state index in [0.29, 0.717) is 5.02 Å². The molecule has 88 valence electrons. The van der Waals surface area contributed by atoms with Crippen LogP contribution in [0, 0.1) is 20.8 Å². The fourth-order valence-corrected chi connectivity index (χ4v) is 2.44. The quantitative estimate of drug-likeness (QED) is 0.771. The third-order valence-electron chi connectivity index (χ3n) is 2.98. The number of hydrogen-bond acceptors (Lipinski definition) is 1. The van der Waals surface area contributed by atoms with Gasteiger partial charge in [0.05, 0.1) is 5.02 Å². The van der Waals surface area contributed by atoms with E-state index in [1.807, 2.05) is 12.3 Å². The lowest BCUT2D eigenvalue weighted by Crippen LogP contribution is -1.97. The van der Waals surface area contributed by atoms with E-state index in [-0.39, 0.29) is 0 Å². The molecule has 2 heteroatoms. The number of aryl methyl sites for hydroxylation is 3. The monoisotopic (exact) mass is 245 g/mol. The van der Waals surface area contributed by atoms with Gasteiger partial charge in [0.25, 0.3) is 0 Å². The summed E-state index contributed by atoms with van der Waals surface area (Å²) in [5.41, 5.74) is 6.52. The van der Waals surface area contributed by atoms with Crippen molar-refractivity contribution in [3.63, 3.8) is 0 Å². The minimum atomic E-state index is 0.699. The third-order valence-corrected chi connectivity index (χ3v) is 3.19. The predicted molar refractivity (Wildman–Crippen MR) is 72.7 cm³/mol. The molecule has 0 aliphatic carbocycles. The number of rotatable bonds is 2. The summed E-state index contributed by atoms with van der Waals surface area (Å²) >= 11 is 5.95. The Morgan fingerprint density at radius 3 is 2.24 bits per heavy atom. The summed E-state index contributed by atoms with van der Waals surface area (Å²) in [5.74, 6) is 0. The molecule has 1 nitrogen and oxygen atoms in total. The first-order valence-corrected chi connectivity index (χ1v) is 6.10. The number of nitrogens with zero attached hydrogens (tertiary/aromatic N) is 1. The highest BCUT2D eigenvalue weighted by Crippen LogP contribution is 2.20. The number of halogens is 1. The van der Waals surface area contributed by atoms with Crippen molar-refractivity contribution in [3.05, 3.63) is 63.4 Å². The standard InChI is InChI=1S/C15H16ClN/c1-10-4-11(2)15(12(3)5-10)7-13-6-14(16)9-17-8-13/h4-6,8-9H,7H2,1-3H3. The Kier molecular flexibility index (Phi) is 3.49. The molecular formula is C15H16ClN. The van der Waals surface area contributed by atoms with Crippen LogP contribution in [0.3, 0.4) is 0 Å². The smallest absolute Gasteiger partial charge is 0.0592 e. The second-order valence-electron chi connectivity index (χ2n) is 4.57. The van der Waals surface area contributed by atoms with E-state index in [1.54, 1.807) is 6.20 Å². The number of aromatic nitrogens is 1. The Morgan fingerprint density at radius 2 is 1.65 bits per heavy atom. The summed E-state index contributed by atoms with van der Waals surface area (Å²) in [4.78, 5) is 4.13. The van der Waals surface area contributed by atoms with Crippen molar-refractivity contribution in [1.29, 1.82) is 0 Å². The fourth-order valence-electron chi connectivity index (χ4n) is 2.25. The Bertz CT molecular complexity index is 523. The van der Waals surface area contributed by atoms with Gasteiger partial charge in [-0.15, -0.1) is 0 Å². The van der Waals surface area contributed by atoms with Crippen molar-refractivity contribution in [1.82, 2.24) is 4.98 Å². The summed E-state index contributed by atoms with van der Waals surface area (Å²) in [6.45, 7) is 6.45. The van der Waals surface area contributed by atoms with Gasteiger partial charge in [0.2, 0.25) is 0 Å². The van der Waals surface area contributed by atoms with E-state index in [9.17, 15) is 0 Å². The van der Waals surface area contributed by atoms with Gasteiger partial charge in [-0.1, -0.05) is 29.3 Å². The number of benzene rings is 1. The van der Waals surface area contributed by atoms with Gasteiger partial charge in [0.1, 0.15) is 0 Å². The molecule has 1 aromatic heterocycles. The van der Waals surface area contributed by atoms with Crippen LogP contribution in [0.25, 0.3) is 0 Å². The Hall–Kier alpha value is -1.34. The highest BCUT2D eigenvalue weighted by atomic mass is 35.5. The van der Waals surface area contributed by atoms with Gasteiger partial charge in [0.15, 0.2) is 0 Å². The van der Waals surface area contributed by atoms with Gasteiger partial charge in [-0.05, 0) is 55.5 Å².